The van der Waals surface area contributed by atoms with E-state index < -0.39 is 5.91 Å². The van der Waals surface area contributed by atoms with Crippen LogP contribution in [0, 0.1) is 0 Å². The van der Waals surface area contributed by atoms with E-state index in [1.54, 1.807) is 30.6 Å². The lowest BCUT2D eigenvalue weighted by Crippen LogP contribution is -2.13. The maximum absolute atomic E-state index is 11.4. The van der Waals surface area contributed by atoms with Crippen molar-refractivity contribution in [2.75, 3.05) is 0 Å². The predicted octanol–water partition coefficient (Wildman–Crippen LogP) is 3.05. The topological polar surface area (TPSA) is 68.9 Å². The average Bonchev–Trinajstić information content (AvgIpc) is 2.47. The van der Waals surface area contributed by atoms with Crippen LogP contribution in [0.5, 0.6) is 0 Å². The largest absolute Gasteiger partial charge is 0.364 e. The lowest BCUT2D eigenvalue weighted by molar-refractivity contribution is 0.0996. The van der Waals surface area contributed by atoms with Crippen molar-refractivity contribution in [1.29, 1.82) is 0 Å². The van der Waals surface area contributed by atoms with Crippen LogP contribution in [0.4, 0.5) is 0 Å². The number of halogens is 1. The molecule has 2 N–H and O–H groups in total. The zero-order valence-corrected chi connectivity index (χ0v) is 11.1. The summed E-state index contributed by atoms with van der Waals surface area (Å²) in [5.41, 5.74) is 8.03. The van der Waals surface area contributed by atoms with Crippen LogP contribution in [0.1, 0.15) is 10.5 Å². The summed E-state index contributed by atoms with van der Waals surface area (Å²) < 4.78 is 0. The molecule has 2 aromatic heterocycles. The summed E-state index contributed by atoms with van der Waals surface area (Å²) in [6.45, 7) is 0. The number of nitrogens with two attached hydrogens (primary N) is 1. The molecule has 0 saturated carbocycles. The Labute approximate surface area is 120 Å². The van der Waals surface area contributed by atoms with Crippen LogP contribution >= 0.6 is 11.6 Å². The molecule has 0 aliphatic rings. The molecule has 20 heavy (non-hydrogen) atoms. The molecule has 0 aliphatic heterocycles. The van der Waals surface area contributed by atoms with Gasteiger partial charge in [0.05, 0.1) is 5.52 Å². The van der Waals surface area contributed by atoms with Crippen molar-refractivity contribution in [3.05, 3.63) is 59.5 Å². The molecule has 4 nitrogen and oxygen atoms in total. The minimum Gasteiger partial charge on any atom is -0.364 e. The normalized spacial score (nSPS) is 10.7. The van der Waals surface area contributed by atoms with Crippen molar-refractivity contribution in [3.63, 3.8) is 0 Å². The number of rotatable bonds is 2. The predicted molar refractivity (Wildman–Crippen MR) is 78.5 cm³/mol. The number of benzene rings is 1. The quantitative estimate of drug-likeness (QED) is 0.786. The molecule has 2 heterocycles. The van der Waals surface area contributed by atoms with Gasteiger partial charge >= 0.3 is 0 Å². The van der Waals surface area contributed by atoms with E-state index >= 15 is 0 Å². The number of amides is 1. The second kappa shape index (κ2) is 4.90. The lowest BCUT2D eigenvalue weighted by atomic mass is 10.0. The van der Waals surface area contributed by atoms with Gasteiger partial charge in [-0.05, 0) is 47.5 Å². The Morgan fingerprint density at radius 2 is 1.85 bits per heavy atom. The van der Waals surface area contributed by atoms with Crippen molar-refractivity contribution in [3.8, 4) is 11.1 Å². The second-order valence-corrected chi connectivity index (χ2v) is 4.75. The molecule has 0 spiro atoms. The SMILES string of the molecule is NC(=O)c1cc(-c2ccncc2)c2cc(Cl)ccc2n1. The number of aromatic nitrogens is 2. The van der Waals surface area contributed by atoms with E-state index in [-0.39, 0.29) is 5.69 Å². The van der Waals surface area contributed by atoms with E-state index in [1.807, 2.05) is 18.2 Å². The minimum atomic E-state index is -0.558. The van der Waals surface area contributed by atoms with Crippen molar-refractivity contribution in [2.45, 2.75) is 0 Å². The summed E-state index contributed by atoms with van der Waals surface area (Å²) in [6, 6.07) is 10.7. The first-order chi connectivity index (χ1) is 9.65. The number of pyridine rings is 2. The first-order valence-electron chi connectivity index (χ1n) is 5.95. The average molecular weight is 284 g/mol. The molecule has 0 atom stereocenters. The van der Waals surface area contributed by atoms with Gasteiger partial charge in [-0.2, -0.15) is 0 Å². The molecule has 98 valence electrons. The van der Waals surface area contributed by atoms with E-state index in [0.29, 0.717) is 10.5 Å². The number of fused-ring (bicyclic) bond motifs is 1. The van der Waals surface area contributed by atoms with E-state index in [0.717, 1.165) is 16.5 Å². The number of carbonyl (C=O) groups is 1. The first kappa shape index (κ1) is 12.6. The molecule has 3 aromatic rings. The fraction of sp³-hybridized carbons (Fsp3) is 0. The number of hydrogen-bond acceptors (Lipinski definition) is 3. The lowest BCUT2D eigenvalue weighted by Gasteiger charge is -2.08. The Morgan fingerprint density at radius 3 is 2.55 bits per heavy atom. The van der Waals surface area contributed by atoms with Crippen molar-refractivity contribution >= 4 is 28.4 Å². The maximum Gasteiger partial charge on any atom is 0.267 e. The molecule has 1 aromatic carbocycles. The molecule has 0 unspecified atom stereocenters. The summed E-state index contributed by atoms with van der Waals surface area (Å²) in [4.78, 5) is 19.7. The van der Waals surface area contributed by atoms with Gasteiger partial charge in [0, 0.05) is 22.8 Å². The fourth-order valence-corrected chi connectivity index (χ4v) is 2.27. The number of primary amides is 1. The van der Waals surface area contributed by atoms with Crippen LogP contribution in [0.3, 0.4) is 0 Å². The zero-order chi connectivity index (χ0) is 14.1. The molecular formula is C15H10ClN3O. The van der Waals surface area contributed by atoms with Crippen LogP contribution in [0.15, 0.2) is 48.8 Å². The van der Waals surface area contributed by atoms with Crippen LogP contribution in [0.2, 0.25) is 5.02 Å². The number of hydrogen-bond donors (Lipinski definition) is 1. The molecule has 0 bridgehead atoms. The Bertz CT molecular complexity index is 803. The summed E-state index contributed by atoms with van der Waals surface area (Å²) >= 11 is 6.05. The van der Waals surface area contributed by atoms with Crippen molar-refractivity contribution < 1.29 is 4.79 Å². The van der Waals surface area contributed by atoms with Crippen LogP contribution in [-0.2, 0) is 0 Å². The molecular weight excluding hydrogens is 274 g/mol. The van der Waals surface area contributed by atoms with E-state index in [2.05, 4.69) is 9.97 Å². The van der Waals surface area contributed by atoms with Gasteiger partial charge in [-0.25, -0.2) is 4.98 Å². The van der Waals surface area contributed by atoms with Gasteiger partial charge in [-0.1, -0.05) is 11.6 Å². The summed E-state index contributed by atoms with van der Waals surface area (Å²) in [5.74, 6) is -0.558. The Hall–Kier alpha value is -2.46. The molecule has 0 aliphatic carbocycles. The molecule has 0 saturated heterocycles. The van der Waals surface area contributed by atoms with Gasteiger partial charge < -0.3 is 5.73 Å². The van der Waals surface area contributed by atoms with Gasteiger partial charge in [-0.15, -0.1) is 0 Å². The standard InChI is InChI=1S/C15H10ClN3O/c16-10-1-2-13-12(7-10)11(8-14(19-13)15(17)20)9-3-5-18-6-4-9/h1-8H,(H2,17,20). The third-order valence-corrected chi connectivity index (χ3v) is 3.25. The van der Waals surface area contributed by atoms with Gasteiger partial charge in [0.2, 0.25) is 0 Å². The summed E-state index contributed by atoms with van der Waals surface area (Å²) in [7, 11) is 0. The third kappa shape index (κ3) is 2.21. The number of nitrogens with zero attached hydrogens (tertiary/aromatic N) is 2. The molecule has 5 heteroatoms. The highest BCUT2D eigenvalue weighted by atomic mass is 35.5. The third-order valence-electron chi connectivity index (χ3n) is 3.01. The smallest absolute Gasteiger partial charge is 0.267 e. The number of carbonyl (C=O) groups excluding carboxylic acids is 1. The van der Waals surface area contributed by atoms with Gasteiger partial charge in [-0.3, -0.25) is 9.78 Å². The summed E-state index contributed by atoms with van der Waals surface area (Å²) in [5, 5.41) is 1.48. The Kier molecular flexibility index (Phi) is 3.08. The van der Waals surface area contributed by atoms with E-state index in [1.165, 1.54) is 0 Å². The summed E-state index contributed by atoms with van der Waals surface area (Å²) in [6.07, 6.45) is 3.38. The van der Waals surface area contributed by atoms with E-state index in [4.69, 9.17) is 17.3 Å². The minimum absolute atomic E-state index is 0.228. The highest BCUT2D eigenvalue weighted by Crippen LogP contribution is 2.30. The van der Waals surface area contributed by atoms with E-state index in [9.17, 15) is 4.79 Å². The molecule has 0 radical (unpaired) electrons. The van der Waals surface area contributed by atoms with Gasteiger partial charge in [0.15, 0.2) is 0 Å². The Morgan fingerprint density at radius 1 is 1.10 bits per heavy atom. The van der Waals surface area contributed by atoms with Crippen LogP contribution < -0.4 is 5.73 Å². The fourth-order valence-electron chi connectivity index (χ4n) is 2.09. The second-order valence-electron chi connectivity index (χ2n) is 4.32. The Balaban J connectivity index is 2.38. The maximum atomic E-state index is 11.4. The molecule has 0 fully saturated rings. The molecule has 3 rings (SSSR count). The van der Waals surface area contributed by atoms with Crippen LogP contribution in [0.25, 0.3) is 22.0 Å². The highest BCUT2D eigenvalue weighted by molar-refractivity contribution is 6.31. The zero-order valence-electron chi connectivity index (χ0n) is 10.4. The molecule has 1 amide bonds. The van der Waals surface area contributed by atoms with Crippen molar-refractivity contribution in [2.24, 2.45) is 5.73 Å². The first-order valence-corrected chi connectivity index (χ1v) is 6.33. The highest BCUT2D eigenvalue weighted by Gasteiger charge is 2.11. The monoisotopic (exact) mass is 283 g/mol. The van der Waals surface area contributed by atoms with Gasteiger partial charge in [0.1, 0.15) is 5.69 Å². The van der Waals surface area contributed by atoms with Gasteiger partial charge in [0.25, 0.3) is 5.91 Å². The van der Waals surface area contributed by atoms with Crippen LogP contribution in [-0.4, -0.2) is 15.9 Å². The van der Waals surface area contributed by atoms with Crippen molar-refractivity contribution in [1.82, 2.24) is 9.97 Å².